The number of hydrogen-bond donors (Lipinski definition) is 1. The van der Waals surface area contributed by atoms with E-state index in [-0.39, 0.29) is 11.9 Å². The van der Waals surface area contributed by atoms with Crippen LogP contribution in [0.5, 0.6) is 0 Å². The Hall–Kier alpha value is -2.95. The highest BCUT2D eigenvalue weighted by Crippen LogP contribution is 2.22. The van der Waals surface area contributed by atoms with Crippen molar-refractivity contribution in [2.24, 2.45) is 0 Å². The highest BCUT2D eigenvalue weighted by molar-refractivity contribution is 5.95. The Morgan fingerprint density at radius 2 is 1.70 bits per heavy atom. The summed E-state index contributed by atoms with van der Waals surface area (Å²) in [6.45, 7) is 0. The average Bonchev–Trinajstić information content (AvgIpc) is 3.24. The van der Waals surface area contributed by atoms with Crippen molar-refractivity contribution in [3.8, 4) is 5.69 Å². The van der Waals surface area contributed by atoms with Gasteiger partial charge in [0.05, 0.1) is 0 Å². The van der Waals surface area contributed by atoms with E-state index in [0.717, 1.165) is 18.5 Å². The summed E-state index contributed by atoms with van der Waals surface area (Å²) in [6.07, 6.45) is 5.02. The van der Waals surface area contributed by atoms with Crippen LogP contribution in [0.25, 0.3) is 5.69 Å². The van der Waals surface area contributed by atoms with E-state index in [0.29, 0.717) is 5.56 Å². The number of rotatable bonds is 3. The van der Waals surface area contributed by atoms with Crippen LogP contribution in [0.3, 0.4) is 0 Å². The largest absolute Gasteiger partial charge is 0.349 e. The third kappa shape index (κ3) is 2.73. The van der Waals surface area contributed by atoms with Crippen LogP contribution in [0.15, 0.2) is 61.2 Å². The topological polar surface area (TPSA) is 59.8 Å². The third-order valence-corrected chi connectivity index (χ3v) is 4.21. The van der Waals surface area contributed by atoms with Crippen molar-refractivity contribution in [1.29, 1.82) is 0 Å². The quantitative estimate of drug-likeness (QED) is 0.806. The van der Waals surface area contributed by atoms with Gasteiger partial charge in [0.1, 0.15) is 12.7 Å². The van der Waals surface area contributed by atoms with Crippen LogP contribution in [-0.4, -0.2) is 26.7 Å². The lowest BCUT2D eigenvalue weighted by Gasteiger charge is -2.12. The van der Waals surface area contributed by atoms with Crippen LogP contribution in [0.1, 0.15) is 21.5 Å². The molecule has 0 saturated heterocycles. The van der Waals surface area contributed by atoms with Gasteiger partial charge in [0.15, 0.2) is 0 Å². The van der Waals surface area contributed by atoms with E-state index in [9.17, 15) is 4.79 Å². The smallest absolute Gasteiger partial charge is 0.251 e. The molecule has 114 valence electrons. The van der Waals surface area contributed by atoms with Crippen LogP contribution >= 0.6 is 0 Å². The van der Waals surface area contributed by atoms with E-state index in [1.807, 2.05) is 36.4 Å². The molecule has 5 nitrogen and oxygen atoms in total. The maximum absolute atomic E-state index is 12.5. The number of nitrogens with zero attached hydrogens (tertiary/aromatic N) is 3. The van der Waals surface area contributed by atoms with Crippen molar-refractivity contribution in [2.75, 3.05) is 0 Å². The monoisotopic (exact) mass is 304 g/mol. The maximum atomic E-state index is 12.5. The molecule has 1 heterocycles. The predicted octanol–water partition coefficient (Wildman–Crippen LogP) is 2.16. The first-order valence-corrected chi connectivity index (χ1v) is 7.62. The molecule has 23 heavy (non-hydrogen) atoms. The molecule has 0 atom stereocenters. The van der Waals surface area contributed by atoms with Crippen LogP contribution in [-0.2, 0) is 12.8 Å². The second-order valence-corrected chi connectivity index (χ2v) is 5.77. The first kappa shape index (κ1) is 13.7. The number of hydrogen-bond acceptors (Lipinski definition) is 3. The summed E-state index contributed by atoms with van der Waals surface area (Å²) in [5.41, 5.74) is 4.18. The van der Waals surface area contributed by atoms with Gasteiger partial charge in [-0.25, -0.2) is 0 Å². The van der Waals surface area contributed by atoms with Gasteiger partial charge in [0.25, 0.3) is 5.91 Å². The molecule has 0 fully saturated rings. The van der Waals surface area contributed by atoms with Crippen LogP contribution in [0.4, 0.5) is 0 Å². The highest BCUT2D eigenvalue weighted by Gasteiger charge is 2.22. The summed E-state index contributed by atoms with van der Waals surface area (Å²) in [4.78, 5) is 12.5. The SMILES string of the molecule is O=C(NC1Cc2ccccc2C1)c1cccc(-n2cnnc2)c1. The van der Waals surface area contributed by atoms with Gasteiger partial charge >= 0.3 is 0 Å². The molecule has 4 rings (SSSR count). The first-order valence-electron chi connectivity index (χ1n) is 7.62. The maximum Gasteiger partial charge on any atom is 0.251 e. The van der Waals surface area contributed by atoms with Gasteiger partial charge in [0.2, 0.25) is 0 Å². The first-order chi connectivity index (χ1) is 11.3. The van der Waals surface area contributed by atoms with Crippen molar-refractivity contribution in [1.82, 2.24) is 20.1 Å². The molecule has 1 aliphatic carbocycles. The number of aromatic nitrogens is 3. The standard InChI is InChI=1S/C18H16N4O/c23-18(21-16-8-13-4-1-2-5-14(13)9-16)15-6-3-7-17(10-15)22-11-19-20-12-22/h1-7,10-12,16H,8-9H2,(H,21,23). The number of amides is 1. The minimum atomic E-state index is -0.0438. The van der Waals surface area contributed by atoms with Crippen molar-refractivity contribution in [3.63, 3.8) is 0 Å². The predicted molar refractivity (Wildman–Crippen MR) is 86.5 cm³/mol. The minimum absolute atomic E-state index is 0.0438. The number of nitrogens with one attached hydrogen (secondary N) is 1. The molecule has 2 aromatic carbocycles. The van der Waals surface area contributed by atoms with E-state index >= 15 is 0 Å². The molecule has 5 heteroatoms. The Kier molecular flexibility index (Phi) is 3.38. The fourth-order valence-corrected chi connectivity index (χ4v) is 3.07. The normalized spacial score (nSPS) is 13.7. The minimum Gasteiger partial charge on any atom is -0.349 e. The van der Waals surface area contributed by atoms with Crippen LogP contribution in [0.2, 0.25) is 0 Å². The number of fused-ring (bicyclic) bond motifs is 1. The lowest BCUT2D eigenvalue weighted by atomic mass is 10.1. The molecule has 0 radical (unpaired) electrons. The van der Waals surface area contributed by atoms with Gasteiger partial charge < -0.3 is 5.32 Å². The van der Waals surface area contributed by atoms with Crippen molar-refractivity contribution >= 4 is 5.91 Å². The highest BCUT2D eigenvalue weighted by atomic mass is 16.1. The second-order valence-electron chi connectivity index (χ2n) is 5.77. The summed E-state index contributed by atoms with van der Waals surface area (Å²) in [5.74, 6) is -0.0438. The van der Waals surface area contributed by atoms with Crippen molar-refractivity contribution in [2.45, 2.75) is 18.9 Å². The molecule has 1 N–H and O–H groups in total. The summed E-state index contributed by atoms with van der Waals surface area (Å²) in [5, 5.41) is 10.7. The van der Waals surface area contributed by atoms with Gasteiger partial charge in [-0.15, -0.1) is 10.2 Å². The van der Waals surface area contributed by atoms with E-state index in [4.69, 9.17) is 0 Å². The van der Waals surface area contributed by atoms with Crippen molar-refractivity contribution in [3.05, 3.63) is 77.9 Å². The fraction of sp³-hybridized carbons (Fsp3) is 0.167. The summed E-state index contributed by atoms with van der Waals surface area (Å²) < 4.78 is 1.78. The zero-order valence-electron chi connectivity index (χ0n) is 12.5. The van der Waals surface area contributed by atoms with Crippen molar-refractivity contribution < 1.29 is 4.79 Å². The number of carbonyl (C=O) groups is 1. The molecule has 1 aliphatic rings. The lowest BCUT2D eigenvalue weighted by molar-refractivity contribution is 0.0938. The van der Waals surface area contributed by atoms with Crippen LogP contribution in [0, 0.1) is 0 Å². The number of carbonyl (C=O) groups excluding carboxylic acids is 1. The molecule has 1 aromatic heterocycles. The Morgan fingerprint density at radius 1 is 1.00 bits per heavy atom. The molecular formula is C18H16N4O. The van der Waals surface area contributed by atoms with Gasteiger partial charge in [-0.05, 0) is 42.2 Å². The molecule has 1 amide bonds. The zero-order chi connectivity index (χ0) is 15.6. The summed E-state index contributed by atoms with van der Waals surface area (Å²) >= 11 is 0. The molecule has 0 aliphatic heterocycles. The van der Waals surface area contributed by atoms with Gasteiger partial charge in [-0.3, -0.25) is 9.36 Å². The average molecular weight is 304 g/mol. The number of benzene rings is 2. The Morgan fingerprint density at radius 3 is 2.39 bits per heavy atom. The zero-order valence-corrected chi connectivity index (χ0v) is 12.5. The molecule has 0 bridgehead atoms. The molecule has 0 unspecified atom stereocenters. The van der Waals surface area contributed by atoms with E-state index < -0.39 is 0 Å². The molecular weight excluding hydrogens is 288 g/mol. The molecule has 0 spiro atoms. The fourth-order valence-electron chi connectivity index (χ4n) is 3.07. The lowest BCUT2D eigenvalue weighted by Crippen LogP contribution is -2.35. The van der Waals surface area contributed by atoms with E-state index in [1.54, 1.807) is 17.2 Å². The van der Waals surface area contributed by atoms with E-state index in [2.05, 4.69) is 27.6 Å². The van der Waals surface area contributed by atoms with Gasteiger partial charge in [-0.2, -0.15) is 0 Å². The Bertz CT molecular complexity index is 817. The van der Waals surface area contributed by atoms with E-state index in [1.165, 1.54) is 11.1 Å². The Balaban J connectivity index is 1.49. The second kappa shape index (κ2) is 5.68. The Labute approximate surface area is 134 Å². The third-order valence-electron chi connectivity index (χ3n) is 4.21. The summed E-state index contributed by atoms with van der Waals surface area (Å²) in [7, 11) is 0. The van der Waals surface area contributed by atoms with Crippen LogP contribution < -0.4 is 5.32 Å². The summed E-state index contributed by atoms with van der Waals surface area (Å²) in [6, 6.07) is 16.0. The van der Waals surface area contributed by atoms with Gasteiger partial charge in [-0.1, -0.05) is 30.3 Å². The molecule has 3 aromatic rings. The molecule has 0 saturated carbocycles. The van der Waals surface area contributed by atoms with Gasteiger partial charge in [0, 0.05) is 17.3 Å².